The third kappa shape index (κ3) is 3.01. The topological polar surface area (TPSA) is 26.0 Å². The molecular formula is C26H27NO. The molecule has 0 N–H and O–H groups in total. The van der Waals surface area contributed by atoms with Crippen LogP contribution < -0.4 is 0 Å². The first-order valence-electron chi connectivity index (χ1n) is 10.5. The van der Waals surface area contributed by atoms with Crippen molar-refractivity contribution in [3.63, 3.8) is 0 Å². The third-order valence-electron chi connectivity index (χ3n) is 6.48. The summed E-state index contributed by atoms with van der Waals surface area (Å²) in [6, 6.07) is 20.2. The average molecular weight is 370 g/mol. The van der Waals surface area contributed by atoms with Crippen LogP contribution >= 0.6 is 0 Å². The lowest BCUT2D eigenvalue weighted by molar-refractivity contribution is 0.393. The standard InChI is InChI=1S/C26H27NO/c1-17-25(18(2)28-27-17)24-14-8-13-22(19-9-4-3-5-10-19)26(24)23-12-7-6-11-21(23)20-15-16-20/h3-7,9-12,14,20,22,26H,8,13,15-16H2,1-2H3. The normalized spacial score (nSPS) is 22.1. The Morgan fingerprint density at radius 1 is 0.857 bits per heavy atom. The van der Waals surface area contributed by atoms with Crippen LogP contribution in [0.2, 0.25) is 0 Å². The monoisotopic (exact) mass is 369 g/mol. The molecule has 5 rings (SSSR count). The molecule has 142 valence electrons. The highest BCUT2D eigenvalue weighted by Crippen LogP contribution is 2.53. The molecule has 2 aliphatic carbocycles. The molecule has 1 aromatic heterocycles. The van der Waals surface area contributed by atoms with Gasteiger partial charge in [0.15, 0.2) is 0 Å². The summed E-state index contributed by atoms with van der Waals surface area (Å²) in [7, 11) is 0. The Morgan fingerprint density at radius 3 is 2.25 bits per heavy atom. The van der Waals surface area contributed by atoms with Crippen LogP contribution in [0.15, 0.2) is 65.2 Å². The van der Waals surface area contributed by atoms with Gasteiger partial charge in [0, 0.05) is 11.5 Å². The Morgan fingerprint density at radius 2 is 1.57 bits per heavy atom. The summed E-state index contributed by atoms with van der Waals surface area (Å²) < 4.78 is 5.57. The summed E-state index contributed by atoms with van der Waals surface area (Å²) in [6.07, 6.45) is 7.37. The maximum Gasteiger partial charge on any atom is 0.141 e. The third-order valence-corrected chi connectivity index (χ3v) is 6.48. The molecule has 3 aromatic rings. The number of hydrogen-bond acceptors (Lipinski definition) is 2. The van der Waals surface area contributed by atoms with Crippen molar-refractivity contribution in [2.75, 3.05) is 0 Å². The number of aryl methyl sites for hydroxylation is 2. The highest BCUT2D eigenvalue weighted by atomic mass is 16.5. The van der Waals surface area contributed by atoms with Gasteiger partial charge in [-0.05, 0) is 73.6 Å². The van der Waals surface area contributed by atoms with E-state index in [1.54, 1.807) is 5.56 Å². The van der Waals surface area contributed by atoms with Crippen LogP contribution in [0.1, 0.15) is 77.1 Å². The molecule has 2 atom stereocenters. The van der Waals surface area contributed by atoms with E-state index in [0.717, 1.165) is 23.8 Å². The van der Waals surface area contributed by atoms with Crippen LogP contribution in [0.5, 0.6) is 0 Å². The van der Waals surface area contributed by atoms with Crippen molar-refractivity contribution in [2.45, 2.75) is 57.3 Å². The van der Waals surface area contributed by atoms with E-state index in [2.05, 4.69) is 72.8 Å². The van der Waals surface area contributed by atoms with E-state index in [9.17, 15) is 0 Å². The molecule has 2 nitrogen and oxygen atoms in total. The smallest absolute Gasteiger partial charge is 0.141 e. The molecule has 1 heterocycles. The van der Waals surface area contributed by atoms with Crippen molar-refractivity contribution in [3.8, 4) is 0 Å². The fourth-order valence-electron chi connectivity index (χ4n) is 5.09. The van der Waals surface area contributed by atoms with Gasteiger partial charge in [0.1, 0.15) is 5.76 Å². The van der Waals surface area contributed by atoms with E-state index in [1.165, 1.54) is 41.5 Å². The molecule has 0 bridgehead atoms. The van der Waals surface area contributed by atoms with Crippen molar-refractivity contribution in [1.29, 1.82) is 0 Å². The zero-order chi connectivity index (χ0) is 19.1. The Kier molecular flexibility index (Phi) is 4.43. The molecule has 2 heteroatoms. The molecule has 1 fully saturated rings. The molecule has 0 spiro atoms. The van der Waals surface area contributed by atoms with Gasteiger partial charge < -0.3 is 4.52 Å². The Bertz CT molecular complexity index is 990. The van der Waals surface area contributed by atoms with Gasteiger partial charge in [-0.3, -0.25) is 0 Å². The SMILES string of the molecule is Cc1noc(C)c1C1=CCCC(c2ccccc2)C1c1ccccc1C1CC1. The van der Waals surface area contributed by atoms with Gasteiger partial charge in [0.05, 0.1) is 5.69 Å². The number of aromatic nitrogens is 1. The molecule has 0 aliphatic heterocycles. The molecule has 0 saturated heterocycles. The average Bonchev–Trinajstić information content (AvgIpc) is 3.53. The predicted molar refractivity (Wildman–Crippen MR) is 114 cm³/mol. The summed E-state index contributed by atoms with van der Waals surface area (Å²) >= 11 is 0. The number of allylic oxidation sites excluding steroid dienone is 2. The largest absolute Gasteiger partial charge is 0.361 e. The minimum atomic E-state index is 0.352. The first-order chi connectivity index (χ1) is 13.7. The van der Waals surface area contributed by atoms with Gasteiger partial charge in [0.25, 0.3) is 0 Å². The van der Waals surface area contributed by atoms with Crippen LogP contribution in [-0.2, 0) is 0 Å². The lowest BCUT2D eigenvalue weighted by Gasteiger charge is -2.35. The van der Waals surface area contributed by atoms with Gasteiger partial charge >= 0.3 is 0 Å². The summed E-state index contributed by atoms with van der Waals surface area (Å²) in [5.41, 5.74) is 8.13. The highest BCUT2D eigenvalue weighted by Gasteiger charge is 2.37. The summed E-state index contributed by atoms with van der Waals surface area (Å²) in [6.45, 7) is 4.12. The van der Waals surface area contributed by atoms with Crippen molar-refractivity contribution >= 4 is 5.57 Å². The van der Waals surface area contributed by atoms with Gasteiger partial charge in [-0.2, -0.15) is 0 Å². The first kappa shape index (κ1) is 17.5. The molecule has 2 unspecified atom stereocenters. The molecular weight excluding hydrogens is 342 g/mol. The zero-order valence-corrected chi connectivity index (χ0v) is 16.7. The fraction of sp³-hybridized carbons (Fsp3) is 0.346. The summed E-state index contributed by atoms with van der Waals surface area (Å²) in [5.74, 6) is 2.51. The molecule has 28 heavy (non-hydrogen) atoms. The maximum atomic E-state index is 5.57. The lowest BCUT2D eigenvalue weighted by atomic mass is 9.68. The maximum absolute atomic E-state index is 5.57. The van der Waals surface area contributed by atoms with Crippen molar-refractivity contribution in [1.82, 2.24) is 5.16 Å². The van der Waals surface area contributed by atoms with E-state index >= 15 is 0 Å². The lowest BCUT2D eigenvalue weighted by Crippen LogP contribution is -2.19. The molecule has 2 aliphatic rings. The Labute approximate surface area is 167 Å². The molecule has 2 aromatic carbocycles. The second-order valence-electron chi connectivity index (χ2n) is 8.33. The van der Waals surface area contributed by atoms with E-state index in [4.69, 9.17) is 4.52 Å². The summed E-state index contributed by atoms with van der Waals surface area (Å²) in [4.78, 5) is 0. The van der Waals surface area contributed by atoms with E-state index in [1.807, 2.05) is 6.92 Å². The van der Waals surface area contributed by atoms with Crippen LogP contribution in [0.4, 0.5) is 0 Å². The van der Waals surface area contributed by atoms with Crippen LogP contribution in [-0.4, -0.2) is 5.16 Å². The van der Waals surface area contributed by atoms with E-state index < -0.39 is 0 Å². The number of hydrogen-bond donors (Lipinski definition) is 0. The van der Waals surface area contributed by atoms with Crippen LogP contribution in [0, 0.1) is 13.8 Å². The van der Waals surface area contributed by atoms with Crippen molar-refractivity contribution < 1.29 is 4.52 Å². The number of rotatable bonds is 4. The van der Waals surface area contributed by atoms with Gasteiger partial charge in [0.2, 0.25) is 0 Å². The van der Waals surface area contributed by atoms with Gasteiger partial charge in [-0.25, -0.2) is 0 Å². The highest BCUT2D eigenvalue weighted by molar-refractivity contribution is 5.76. The Balaban J connectivity index is 1.70. The summed E-state index contributed by atoms with van der Waals surface area (Å²) in [5, 5.41) is 4.27. The van der Waals surface area contributed by atoms with Gasteiger partial charge in [-0.15, -0.1) is 0 Å². The first-order valence-corrected chi connectivity index (χ1v) is 10.5. The Hall–Kier alpha value is -2.61. The van der Waals surface area contributed by atoms with E-state index in [-0.39, 0.29) is 0 Å². The van der Waals surface area contributed by atoms with Crippen LogP contribution in [0.25, 0.3) is 5.57 Å². The van der Waals surface area contributed by atoms with Gasteiger partial charge in [-0.1, -0.05) is 65.8 Å². The van der Waals surface area contributed by atoms with Crippen molar-refractivity contribution in [3.05, 3.63) is 94.4 Å². The van der Waals surface area contributed by atoms with Crippen molar-refractivity contribution in [2.24, 2.45) is 0 Å². The molecule has 1 saturated carbocycles. The quantitative estimate of drug-likeness (QED) is 0.499. The second-order valence-corrected chi connectivity index (χ2v) is 8.33. The van der Waals surface area contributed by atoms with Crippen LogP contribution in [0.3, 0.4) is 0 Å². The minimum Gasteiger partial charge on any atom is -0.361 e. The molecule has 0 radical (unpaired) electrons. The number of nitrogens with zero attached hydrogens (tertiary/aromatic N) is 1. The predicted octanol–water partition coefficient (Wildman–Crippen LogP) is 6.91. The zero-order valence-electron chi connectivity index (χ0n) is 16.7. The minimum absolute atomic E-state index is 0.352. The fourth-order valence-corrected chi connectivity index (χ4v) is 5.09. The second kappa shape index (κ2) is 7.09. The number of benzene rings is 2. The molecule has 0 amide bonds. The van der Waals surface area contributed by atoms with E-state index in [0.29, 0.717) is 11.8 Å².